The summed E-state index contributed by atoms with van der Waals surface area (Å²) in [5.74, 6) is 1.00. The highest BCUT2D eigenvalue weighted by Gasteiger charge is 2.01. The molecule has 1 aromatic heterocycles. The van der Waals surface area contributed by atoms with Gasteiger partial charge in [-0.25, -0.2) is 4.98 Å². The maximum absolute atomic E-state index is 5.60. The fourth-order valence-corrected chi connectivity index (χ4v) is 0.903. The Kier molecular flexibility index (Phi) is 2.59. The van der Waals surface area contributed by atoms with E-state index in [1.165, 1.54) is 0 Å². The number of hydrogen-bond donors (Lipinski definition) is 1. The third kappa shape index (κ3) is 2.31. The van der Waals surface area contributed by atoms with Crippen LogP contribution in [0.15, 0.2) is 6.33 Å². The molecule has 1 unspecified atom stereocenters. The van der Waals surface area contributed by atoms with E-state index in [0.717, 1.165) is 18.7 Å². The van der Waals surface area contributed by atoms with Gasteiger partial charge < -0.3 is 5.73 Å². The lowest BCUT2D eigenvalue weighted by Gasteiger charge is -2.02. The summed E-state index contributed by atoms with van der Waals surface area (Å²) >= 11 is 0. The minimum absolute atomic E-state index is 0.242. The summed E-state index contributed by atoms with van der Waals surface area (Å²) in [6, 6.07) is 0.242. The van der Waals surface area contributed by atoms with Crippen LogP contribution in [0.1, 0.15) is 19.2 Å². The minimum atomic E-state index is 0.242. The Morgan fingerprint density at radius 3 is 2.91 bits per heavy atom. The van der Waals surface area contributed by atoms with Crippen molar-refractivity contribution in [2.24, 2.45) is 12.8 Å². The van der Waals surface area contributed by atoms with E-state index >= 15 is 0 Å². The normalized spacial score (nSPS) is 13.4. The van der Waals surface area contributed by atoms with Crippen molar-refractivity contribution in [2.75, 3.05) is 0 Å². The predicted octanol–water partition coefficient (Wildman–Crippen LogP) is 0.0949. The Bertz CT molecular complexity index is 216. The minimum Gasteiger partial charge on any atom is -0.328 e. The van der Waals surface area contributed by atoms with Gasteiger partial charge >= 0.3 is 0 Å². The van der Waals surface area contributed by atoms with Gasteiger partial charge in [-0.15, -0.1) is 0 Å². The van der Waals surface area contributed by atoms with E-state index < -0.39 is 0 Å². The third-order valence-electron chi connectivity index (χ3n) is 1.63. The number of nitrogens with zero attached hydrogens (tertiary/aromatic N) is 3. The first-order chi connectivity index (χ1) is 5.20. The van der Waals surface area contributed by atoms with Gasteiger partial charge in [-0.1, -0.05) is 0 Å². The van der Waals surface area contributed by atoms with Crippen LogP contribution < -0.4 is 5.73 Å². The second-order valence-electron chi connectivity index (χ2n) is 2.82. The van der Waals surface area contributed by atoms with E-state index in [2.05, 4.69) is 10.1 Å². The van der Waals surface area contributed by atoms with Gasteiger partial charge in [-0.05, 0) is 13.3 Å². The molecule has 62 valence electrons. The zero-order chi connectivity index (χ0) is 8.27. The zero-order valence-corrected chi connectivity index (χ0v) is 6.99. The summed E-state index contributed by atoms with van der Waals surface area (Å²) < 4.78 is 1.78. The molecule has 1 atom stereocenters. The number of aromatic nitrogens is 3. The Morgan fingerprint density at radius 2 is 2.45 bits per heavy atom. The Labute approximate surface area is 66.4 Å². The summed E-state index contributed by atoms with van der Waals surface area (Å²) in [6.07, 6.45) is 3.44. The van der Waals surface area contributed by atoms with Crippen LogP contribution in [0.25, 0.3) is 0 Å². The molecule has 0 saturated heterocycles. The van der Waals surface area contributed by atoms with Crippen LogP contribution in [-0.2, 0) is 13.5 Å². The second kappa shape index (κ2) is 3.48. The largest absolute Gasteiger partial charge is 0.328 e. The van der Waals surface area contributed by atoms with E-state index in [9.17, 15) is 0 Å². The molecule has 0 aromatic carbocycles. The SMILES string of the molecule is CC(N)CCc1ncnn1C. The first-order valence-corrected chi connectivity index (χ1v) is 3.78. The number of nitrogens with two attached hydrogens (primary N) is 1. The lowest BCUT2D eigenvalue weighted by atomic mass is 10.2. The van der Waals surface area contributed by atoms with Crippen molar-refractivity contribution >= 4 is 0 Å². The van der Waals surface area contributed by atoms with Crippen LogP contribution in [0, 0.1) is 0 Å². The summed E-state index contributed by atoms with van der Waals surface area (Å²) in [5, 5.41) is 3.96. The monoisotopic (exact) mass is 154 g/mol. The van der Waals surface area contributed by atoms with E-state index in [1.54, 1.807) is 11.0 Å². The standard InChI is InChI=1S/C7H14N4/c1-6(8)3-4-7-9-5-10-11(7)2/h5-6H,3-4,8H2,1-2H3. The van der Waals surface area contributed by atoms with Crippen LogP contribution in [-0.4, -0.2) is 20.8 Å². The molecule has 1 aromatic rings. The summed E-state index contributed by atoms with van der Waals surface area (Å²) in [6.45, 7) is 2.00. The molecule has 0 aliphatic heterocycles. The van der Waals surface area contributed by atoms with Crippen molar-refractivity contribution in [3.8, 4) is 0 Å². The fraction of sp³-hybridized carbons (Fsp3) is 0.714. The van der Waals surface area contributed by atoms with Gasteiger partial charge in [-0.2, -0.15) is 5.10 Å². The molecule has 4 nitrogen and oxygen atoms in total. The first-order valence-electron chi connectivity index (χ1n) is 3.78. The maximum atomic E-state index is 5.60. The van der Waals surface area contributed by atoms with Gasteiger partial charge in [0.05, 0.1) is 0 Å². The van der Waals surface area contributed by atoms with Gasteiger partial charge in [0.15, 0.2) is 0 Å². The number of rotatable bonds is 3. The highest BCUT2D eigenvalue weighted by atomic mass is 15.3. The summed E-state index contributed by atoms with van der Waals surface area (Å²) in [4.78, 5) is 4.08. The molecule has 4 heteroatoms. The molecule has 0 spiro atoms. The van der Waals surface area contributed by atoms with Crippen molar-refractivity contribution < 1.29 is 0 Å². The molecule has 0 amide bonds. The second-order valence-corrected chi connectivity index (χ2v) is 2.82. The van der Waals surface area contributed by atoms with Gasteiger partial charge in [-0.3, -0.25) is 4.68 Å². The van der Waals surface area contributed by atoms with Crippen molar-refractivity contribution in [1.82, 2.24) is 14.8 Å². The molecule has 0 aliphatic rings. The van der Waals surface area contributed by atoms with Crippen molar-refractivity contribution in [3.05, 3.63) is 12.2 Å². The Balaban J connectivity index is 2.44. The lowest BCUT2D eigenvalue weighted by Crippen LogP contribution is -2.16. The number of aryl methyl sites for hydroxylation is 2. The van der Waals surface area contributed by atoms with Crippen molar-refractivity contribution in [1.29, 1.82) is 0 Å². The van der Waals surface area contributed by atoms with Crippen LogP contribution in [0.3, 0.4) is 0 Å². The van der Waals surface area contributed by atoms with E-state index in [1.807, 2.05) is 14.0 Å². The van der Waals surface area contributed by atoms with Crippen LogP contribution in [0.5, 0.6) is 0 Å². The molecule has 1 rings (SSSR count). The van der Waals surface area contributed by atoms with Crippen LogP contribution >= 0.6 is 0 Å². The molecular weight excluding hydrogens is 140 g/mol. The summed E-state index contributed by atoms with van der Waals surface area (Å²) in [5.41, 5.74) is 5.60. The molecule has 2 N–H and O–H groups in total. The smallest absolute Gasteiger partial charge is 0.138 e. The molecule has 0 bridgehead atoms. The van der Waals surface area contributed by atoms with Crippen molar-refractivity contribution in [2.45, 2.75) is 25.8 Å². The zero-order valence-electron chi connectivity index (χ0n) is 6.99. The van der Waals surface area contributed by atoms with E-state index in [0.29, 0.717) is 0 Å². The average Bonchev–Trinajstić information content (AvgIpc) is 2.31. The molecule has 11 heavy (non-hydrogen) atoms. The maximum Gasteiger partial charge on any atom is 0.138 e. The average molecular weight is 154 g/mol. The Hall–Kier alpha value is -0.900. The van der Waals surface area contributed by atoms with Gasteiger partial charge in [0.25, 0.3) is 0 Å². The van der Waals surface area contributed by atoms with Crippen molar-refractivity contribution in [3.63, 3.8) is 0 Å². The molecule has 0 aliphatic carbocycles. The third-order valence-corrected chi connectivity index (χ3v) is 1.63. The summed E-state index contributed by atoms with van der Waals surface area (Å²) in [7, 11) is 1.89. The van der Waals surface area contributed by atoms with Gasteiger partial charge in [0.1, 0.15) is 12.2 Å². The number of hydrogen-bond acceptors (Lipinski definition) is 3. The molecule has 0 fully saturated rings. The molecule has 0 saturated carbocycles. The lowest BCUT2D eigenvalue weighted by molar-refractivity contribution is 0.614. The van der Waals surface area contributed by atoms with Crippen LogP contribution in [0.2, 0.25) is 0 Å². The van der Waals surface area contributed by atoms with Gasteiger partial charge in [0.2, 0.25) is 0 Å². The molecule has 1 heterocycles. The topological polar surface area (TPSA) is 56.7 Å². The molecule has 0 radical (unpaired) electrons. The first kappa shape index (κ1) is 8.20. The quantitative estimate of drug-likeness (QED) is 0.671. The van der Waals surface area contributed by atoms with E-state index in [4.69, 9.17) is 5.73 Å². The highest BCUT2D eigenvalue weighted by Crippen LogP contribution is 1.97. The van der Waals surface area contributed by atoms with Gasteiger partial charge in [0, 0.05) is 19.5 Å². The fourth-order valence-electron chi connectivity index (χ4n) is 0.903. The highest BCUT2D eigenvalue weighted by molar-refractivity contribution is 4.83. The van der Waals surface area contributed by atoms with E-state index in [-0.39, 0.29) is 6.04 Å². The Morgan fingerprint density at radius 1 is 1.73 bits per heavy atom. The predicted molar refractivity (Wildman–Crippen MR) is 43.0 cm³/mol. The van der Waals surface area contributed by atoms with Crippen LogP contribution in [0.4, 0.5) is 0 Å². The molecular formula is C7H14N4.